The van der Waals surface area contributed by atoms with Crippen molar-refractivity contribution in [2.24, 2.45) is 0 Å². The molecule has 0 aliphatic rings. The van der Waals surface area contributed by atoms with Gasteiger partial charge in [-0.15, -0.1) is 0 Å². The molecule has 6 aromatic rings. The summed E-state index contributed by atoms with van der Waals surface area (Å²) in [5.74, 6) is -1.74. The zero-order valence-electron chi connectivity index (χ0n) is 27.2. The van der Waals surface area contributed by atoms with Crippen LogP contribution < -0.4 is 0 Å². The molecule has 0 spiro atoms. The molecule has 8 nitrogen and oxygen atoms in total. The van der Waals surface area contributed by atoms with Gasteiger partial charge in [-0.25, -0.2) is 9.59 Å². The van der Waals surface area contributed by atoms with E-state index >= 15 is 0 Å². The zero-order chi connectivity index (χ0) is 35.8. The number of aromatic carboxylic acids is 2. The van der Waals surface area contributed by atoms with E-state index in [4.69, 9.17) is 10.2 Å². The number of rotatable bonds is 8. The van der Waals surface area contributed by atoms with E-state index in [-0.39, 0.29) is 28.6 Å². The van der Waals surface area contributed by atoms with E-state index in [1.165, 1.54) is 0 Å². The van der Waals surface area contributed by atoms with Crippen molar-refractivity contribution in [1.29, 1.82) is 0 Å². The molecule has 0 amide bonds. The third-order valence-electron chi connectivity index (χ3n) is 6.42. The maximum Gasteiger partial charge on any atom is 0.335 e. The van der Waals surface area contributed by atoms with E-state index in [0.717, 1.165) is 11.1 Å². The molecule has 259 valence electrons. The summed E-state index contributed by atoms with van der Waals surface area (Å²) in [5, 5.41) is 16.8. The van der Waals surface area contributed by atoms with Crippen LogP contribution >= 0.6 is 0 Å². The van der Waals surface area contributed by atoms with Crippen LogP contribution in [0.25, 0.3) is 12.2 Å². The molecule has 0 saturated carbocycles. The Morgan fingerprint density at radius 1 is 0.392 bits per heavy atom. The first kappa shape index (κ1) is 40.6. The minimum absolute atomic E-state index is 0. The van der Waals surface area contributed by atoms with E-state index in [2.05, 4.69) is 9.97 Å². The SMILES string of the molecule is O=C(/C=C\c1ccncc1)c1ccccc1.O=C(/C=C\c1ccncc1)c1ccccc1.O=C(O)c1ccccc1.O=C(O)c1ccccc1.[Cu]. The first-order valence-corrected chi connectivity index (χ1v) is 15.2. The van der Waals surface area contributed by atoms with Crippen LogP contribution in [0.5, 0.6) is 0 Å². The number of benzene rings is 4. The molecule has 51 heavy (non-hydrogen) atoms. The number of nitrogens with zero attached hydrogens (tertiary/aromatic N) is 2. The van der Waals surface area contributed by atoms with Crippen molar-refractivity contribution in [1.82, 2.24) is 9.97 Å². The van der Waals surface area contributed by atoms with Gasteiger partial charge < -0.3 is 10.2 Å². The third-order valence-corrected chi connectivity index (χ3v) is 6.42. The van der Waals surface area contributed by atoms with E-state index in [0.29, 0.717) is 22.3 Å². The number of carboxylic acids is 2. The summed E-state index contributed by atoms with van der Waals surface area (Å²) in [7, 11) is 0. The third kappa shape index (κ3) is 16.4. The predicted octanol–water partition coefficient (Wildman–Crippen LogP) is 8.72. The number of ketones is 2. The Balaban J connectivity index is 0.000000243. The fourth-order valence-corrected chi connectivity index (χ4v) is 3.85. The molecule has 9 heteroatoms. The Labute approximate surface area is 307 Å². The van der Waals surface area contributed by atoms with Gasteiger partial charge in [-0.3, -0.25) is 19.6 Å². The van der Waals surface area contributed by atoms with Gasteiger partial charge in [-0.1, -0.05) is 109 Å². The standard InChI is InChI=1S/2C14H11NO.2C7H6O2.Cu/c2*16-14(13-4-2-1-3-5-13)7-6-12-8-10-15-11-9-12;2*8-7(9)6-4-2-1-3-5-6;/h2*1-11H;2*1-5H,(H,8,9);/b2*7-6-;;;. The van der Waals surface area contributed by atoms with Gasteiger partial charge >= 0.3 is 11.9 Å². The van der Waals surface area contributed by atoms with Crippen LogP contribution in [0, 0.1) is 0 Å². The topological polar surface area (TPSA) is 135 Å². The van der Waals surface area contributed by atoms with Crippen LogP contribution in [-0.4, -0.2) is 43.7 Å². The normalized spacial score (nSPS) is 9.73. The van der Waals surface area contributed by atoms with Gasteiger partial charge in [0.15, 0.2) is 11.6 Å². The molecule has 2 N–H and O–H groups in total. The summed E-state index contributed by atoms with van der Waals surface area (Å²) < 4.78 is 0. The molecule has 0 fully saturated rings. The van der Waals surface area contributed by atoms with Crippen molar-refractivity contribution in [2.75, 3.05) is 0 Å². The van der Waals surface area contributed by atoms with Crippen LogP contribution in [-0.2, 0) is 17.1 Å². The summed E-state index contributed by atoms with van der Waals surface area (Å²) in [6.45, 7) is 0. The van der Waals surface area contributed by atoms with E-state index in [1.54, 1.807) is 134 Å². The molecule has 0 unspecified atom stereocenters. The Morgan fingerprint density at radius 2 is 0.647 bits per heavy atom. The molecule has 6 rings (SSSR count). The van der Waals surface area contributed by atoms with E-state index in [9.17, 15) is 19.2 Å². The number of carbonyl (C=O) groups is 4. The number of carbonyl (C=O) groups excluding carboxylic acids is 2. The molecule has 0 bridgehead atoms. The molecule has 0 atom stereocenters. The molecule has 1 radical (unpaired) electrons. The van der Waals surface area contributed by atoms with Gasteiger partial charge in [0.1, 0.15) is 0 Å². The molecule has 2 aromatic heterocycles. The maximum absolute atomic E-state index is 11.7. The first-order chi connectivity index (χ1) is 24.3. The van der Waals surface area contributed by atoms with Crippen LogP contribution in [0.2, 0.25) is 0 Å². The fourth-order valence-electron chi connectivity index (χ4n) is 3.85. The summed E-state index contributed by atoms with van der Waals surface area (Å²) in [4.78, 5) is 51.7. The Bertz CT molecular complexity index is 1810. The van der Waals surface area contributed by atoms with Gasteiger partial charge in [-0.05, 0) is 71.8 Å². The van der Waals surface area contributed by atoms with Gasteiger partial charge in [0.25, 0.3) is 0 Å². The average molecular weight is 726 g/mol. The van der Waals surface area contributed by atoms with Gasteiger partial charge in [0.05, 0.1) is 11.1 Å². The van der Waals surface area contributed by atoms with Gasteiger partial charge in [0, 0.05) is 53.0 Å². The van der Waals surface area contributed by atoms with Crippen molar-refractivity contribution < 1.29 is 46.5 Å². The number of hydrogen-bond donors (Lipinski definition) is 2. The quantitative estimate of drug-likeness (QED) is 0.0904. The molecule has 0 aliphatic heterocycles. The second-order valence-corrected chi connectivity index (χ2v) is 10.0. The number of aromatic nitrogens is 2. The molecule has 0 saturated heterocycles. The summed E-state index contributed by atoms with van der Waals surface area (Å²) >= 11 is 0. The van der Waals surface area contributed by atoms with Crippen LogP contribution in [0.1, 0.15) is 52.6 Å². The molecular formula is C42H34CuN2O6. The summed E-state index contributed by atoms with van der Waals surface area (Å²) in [6, 6.07) is 42.4. The zero-order valence-corrected chi connectivity index (χ0v) is 28.1. The minimum atomic E-state index is -0.879. The smallest absolute Gasteiger partial charge is 0.335 e. The number of allylic oxidation sites excluding steroid dienone is 2. The summed E-state index contributed by atoms with van der Waals surface area (Å²) in [6.07, 6.45) is 13.5. The van der Waals surface area contributed by atoms with Crippen LogP contribution in [0.4, 0.5) is 0 Å². The Morgan fingerprint density at radius 3 is 0.882 bits per heavy atom. The Kier molecular flexibility index (Phi) is 18.9. The van der Waals surface area contributed by atoms with Crippen LogP contribution in [0.15, 0.2) is 183 Å². The second-order valence-electron chi connectivity index (χ2n) is 10.0. The minimum Gasteiger partial charge on any atom is -0.478 e. The van der Waals surface area contributed by atoms with Crippen molar-refractivity contribution in [2.45, 2.75) is 0 Å². The van der Waals surface area contributed by atoms with Crippen molar-refractivity contribution in [3.8, 4) is 0 Å². The molecule has 0 aliphatic carbocycles. The average Bonchev–Trinajstić information content (AvgIpc) is 3.19. The fraction of sp³-hybridized carbons (Fsp3) is 0. The molecule has 4 aromatic carbocycles. The van der Waals surface area contributed by atoms with Crippen LogP contribution in [0.3, 0.4) is 0 Å². The summed E-state index contributed by atoms with van der Waals surface area (Å²) in [5.41, 5.74) is 4.01. The maximum atomic E-state index is 11.7. The molecular weight excluding hydrogens is 692 g/mol. The first-order valence-electron chi connectivity index (χ1n) is 15.2. The van der Waals surface area contributed by atoms with Gasteiger partial charge in [0.2, 0.25) is 0 Å². The monoisotopic (exact) mass is 725 g/mol. The Hall–Kier alpha value is -6.54. The van der Waals surface area contributed by atoms with Crippen molar-refractivity contribution >= 4 is 35.7 Å². The largest absolute Gasteiger partial charge is 0.478 e. The number of carboxylic acid groups (broad SMARTS) is 2. The van der Waals surface area contributed by atoms with E-state index < -0.39 is 11.9 Å². The second kappa shape index (κ2) is 23.7. The predicted molar refractivity (Wildman–Crippen MR) is 195 cm³/mol. The molecule has 2 heterocycles. The van der Waals surface area contributed by atoms with Crippen molar-refractivity contribution in [3.05, 3.63) is 216 Å². The number of pyridine rings is 2. The van der Waals surface area contributed by atoms with Crippen molar-refractivity contribution in [3.63, 3.8) is 0 Å². The van der Waals surface area contributed by atoms with E-state index in [1.807, 2.05) is 60.7 Å². The number of hydrogen-bond acceptors (Lipinski definition) is 6. The van der Waals surface area contributed by atoms with Gasteiger partial charge in [-0.2, -0.15) is 0 Å².